The van der Waals surface area contributed by atoms with Gasteiger partial charge in [0.05, 0.1) is 28.4 Å². The lowest BCUT2D eigenvalue weighted by Crippen LogP contribution is -2.00. The Morgan fingerprint density at radius 3 is 2.47 bits per heavy atom. The smallest absolute Gasteiger partial charge is 0.231 e. The lowest BCUT2D eigenvalue weighted by atomic mass is 10.1. The number of hydrogen-bond donors (Lipinski definition) is 0. The van der Waals surface area contributed by atoms with Crippen molar-refractivity contribution in [3.8, 4) is 28.4 Å². The van der Waals surface area contributed by atoms with E-state index in [1.165, 1.54) is 0 Å². The van der Waals surface area contributed by atoms with Crippen molar-refractivity contribution in [3.63, 3.8) is 0 Å². The molecule has 0 unspecified atom stereocenters. The molecule has 0 fully saturated rings. The minimum atomic E-state index is 0.243. The van der Waals surface area contributed by atoms with Gasteiger partial charge in [-0.3, -0.25) is 0 Å². The molecule has 0 saturated heterocycles. The molecule has 5 rings (SSSR count). The van der Waals surface area contributed by atoms with E-state index in [1.807, 2.05) is 51.1 Å². The Labute approximate surface area is 186 Å². The molecule has 1 aromatic heterocycles. The van der Waals surface area contributed by atoms with E-state index < -0.39 is 0 Å². The number of ether oxygens (including phenoxy) is 3. The normalized spacial score (nSPS) is 13.1. The molecule has 0 radical (unpaired) electrons. The molecule has 2 heterocycles. The largest absolute Gasteiger partial charge is 0.493 e. The fraction of sp³-hybridized carbons (Fsp3) is 0.222. The van der Waals surface area contributed by atoms with Gasteiger partial charge in [0, 0.05) is 0 Å². The summed E-state index contributed by atoms with van der Waals surface area (Å²) in [5.41, 5.74) is 4.04. The van der Waals surface area contributed by atoms with E-state index in [0.717, 1.165) is 67.3 Å². The van der Waals surface area contributed by atoms with E-state index in [9.17, 15) is 0 Å². The first-order valence-corrected chi connectivity index (χ1v) is 10.8. The van der Waals surface area contributed by atoms with Gasteiger partial charge in [-0.15, -0.1) is 0 Å². The highest BCUT2D eigenvalue weighted by Crippen LogP contribution is 2.38. The zero-order valence-corrected chi connectivity index (χ0v) is 18.7. The van der Waals surface area contributed by atoms with Crippen molar-refractivity contribution in [2.24, 2.45) is 4.99 Å². The van der Waals surface area contributed by atoms with Gasteiger partial charge in [-0.05, 0) is 80.8 Å². The Bertz CT molecular complexity index is 1400. The lowest BCUT2D eigenvalue weighted by molar-refractivity contribution is 0.174. The summed E-state index contributed by atoms with van der Waals surface area (Å²) in [5.74, 6) is 3.90. The number of hydrogen-bond acceptors (Lipinski definition) is 5. The number of aryl methyl sites for hydroxylation is 3. The molecular weight excluding hydrogens is 402 g/mol. The van der Waals surface area contributed by atoms with Crippen molar-refractivity contribution < 1.29 is 18.6 Å². The Kier molecular flexibility index (Phi) is 5.10. The number of nitrogens with zero attached hydrogens (tertiary/aromatic N) is 1. The first-order chi connectivity index (χ1) is 15.5. The fourth-order valence-corrected chi connectivity index (χ4v) is 4.20. The van der Waals surface area contributed by atoms with Crippen molar-refractivity contribution in [2.45, 2.75) is 27.7 Å². The molecule has 4 aromatic rings. The number of benzene rings is 2. The van der Waals surface area contributed by atoms with E-state index in [-0.39, 0.29) is 6.79 Å². The standard InChI is InChI=1S/C27H25NO4/c1-5-29-25-14-20(19-9-10-23-24(13-19)31-15-30-23)12-22(26-17(3)32-18(4)27(25)26)28-21-8-6-7-16(2)11-21/h6-14H,5,15H2,1-4H3. The van der Waals surface area contributed by atoms with E-state index in [1.54, 1.807) is 0 Å². The molecule has 0 atom stereocenters. The quantitative estimate of drug-likeness (QED) is 0.379. The van der Waals surface area contributed by atoms with E-state index in [2.05, 4.69) is 31.2 Å². The molecule has 5 nitrogen and oxygen atoms in total. The van der Waals surface area contributed by atoms with Crippen LogP contribution in [0, 0.1) is 20.8 Å². The number of rotatable bonds is 4. The van der Waals surface area contributed by atoms with Crippen LogP contribution in [-0.2, 0) is 0 Å². The third kappa shape index (κ3) is 3.60. The molecule has 1 aliphatic heterocycles. The minimum absolute atomic E-state index is 0.243. The van der Waals surface area contributed by atoms with Gasteiger partial charge in [-0.2, -0.15) is 0 Å². The van der Waals surface area contributed by atoms with Crippen LogP contribution >= 0.6 is 0 Å². The molecule has 1 aliphatic rings. The third-order valence-corrected chi connectivity index (χ3v) is 5.60. The average Bonchev–Trinajstić information content (AvgIpc) is 3.30. The number of fused-ring (bicyclic) bond motifs is 2. The van der Waals surface area contributed by atoms with Gasteiger partial charge in [0.2, 0.25) is 6.79 Å². The van der Waals surface area contributed by atoms with E-state index in [0.29, 0.717) is 6.61 Å². The molecular formula is C27H25NO4. The maximum atomic E-state index is 6.09. The summed E-state index contributed by atoms with van der Waals surface area (Å²) in [7, 11) is 0. The predicted molar refractivity (Wildman–Crippen MR) is 125 cm³/mol. The molecule has 0 amide bonds. The van der Waals surface area contributed by atoms with Gasteiger partial charge in [-0.1, -0.05) is 18.2 Å². The first-order valence-electron chi connectivity index (χ1n) is 10.8. The minimum Gasteiger partial charge on any atom is -0.493 e. The maximum absolute atomic E-state index is 6.09. The Balaban J connectivity index is 1.86. The van der Waals surface area contributed by atoms with Crippen LogP contribution in [0.3, 0.4) is 0 Å². The van der Waals surface area contributed by atoms with Crippen LogP contribution < -0.4 is 19.6 Å². The summed E-state index contributed by atoms with van der Waals surface area (Å²) in [6.45, 7) is 8.79. The fourth-order valence-electron chi connectivity index (χ4n) is 4.20. The highest BCUT2D eigenvalue weighted by molar-refractivity contribution is 5.93. The van der Waals surface area contributed by atoms with E-state index >= 15 is 0 Å². The van der Waals surface area contributed by atoms with Crippen LogP contribution in [0.4, 0.5) is 5.69 Å². The van der Waals surface area contributed by atoms with Crippen LogP contribution in [0.1, 0.15) is 24.0 Å². The monoisotopic (exact) mass is 427 g/mol. The maximum Gasteiger partial charge on any atom is 0.231 e. The summed E-state index contributed by atoms with van der Waals surface area (Å²) in [6, 6.07) is 18.3. The van der Waals surface area contributed by atoms with Crippen molar-refractivity contribution in [2.75, 3.05) is 13.4 Å². The Hall–Kier alpha value is -3.73. The SMILES string of the molecule is CCOc1cc(-c2ccc3c(c2)OCO3)cc(=Nc2cccc(C)c2)c2c(C)oc(C)c12. The van der Waals surface area contributed by atoms with Crippen LogP contribution in [0.25, 0.3) is 21.9 Å². The topological polar surface area (TPSA) is 53.2 Å². The second kappa shape index (κ2) is 8.08. The Morgan fingerprint density at radius 1 is 0.844 bits per heavy atom. The van der Waals surface area contributed by atoms with Crippen molar-refractivity contribution in [1.82, 2.24) is 0 Å². The number of furan rings is 1. The van der Waals surface area contributed by atoms with Crippen molar-refractivity contribution >= 4 is 16.5 Å². The van der Waals surface area contributed by atoms with Crippen molar-refractivity contribution in [3.05, 3.63) is 77.0 Å². The molecule has 0 spiro atoms. The molecule has 0 saturated carbocycles. The third-order valence-electron chi connectivity index (χ3n) is 5.60. The van der Waals surface area contributed by atoms with Crippen LogP contribution in [0.2, 0.25) is 0 Å². The highest BCUT2D eigenvalue weighted by atomic mass is 16.7. The summed E-state index contributed by atoms with van der Waals surface area (Å²) in [5, 5.41) is 2.74. The predicted octanol–water partition coefficient (Wildman–Crippen LogP) is 6.38. The summed E-state index contributed by atoms with van der Waals surface area (Å²) in [6.07, 6.45) is 0. The zero-order valence-electron chi connectivity index (χ0n) is 18.7. The van der Waals surface area contributed by atoms with Gasteiger partial charge in [0.15, 0.2) is 11.5 Å². The van der Waals surface area contributed by atoms with E-state index in [4.69, 9.17) is 23.6 Å². The van der Waals surface area contributed by atoms with Crippen LogP contribution in [0.15, 0.2) is 64.0 Å². The zero-order chi connectivity index (χ0) is 22.2. The first kappa shape index (κ1) is 20.2. The second-order valence-electron chi connectivity index (χ2n) is 7.91. The average molecular weight is 428 g/mol. The lowest BCUT2D eigenvalue weighted by Gasteiger charge is -2.05. The highest BCUT2D eigenvalue weighted by Gasteiger charge is 2.18. The molecule has 0 bridgehead atoms. The van der Waals surface area contributed by atoms with Gasteiger partial charge in [-0.25, -0.2) is 4.99 Å². The molecule has 3 aromatic carbocycles. The summed E-state index contributed by atoms with van der Waals surface area (Å²) in [4.78, 5) is 5.03. The van der Waals surface area contributed by atoms with Crippen LogP contribution in [0.5, 0.6) is 17.2 Å². The van der Waals surface area contributed by atoms with Gasteiger partial charge < -0.3 is 18.6 Å². The van der Waals surface area contributed by atoms with Gasteiger partial charge in [0.1, 0.15) is 17.3 Å². The summed E-state index contributed by atoms with van der Waals surface area (Å²) < 4.78 is 23.2. The van der Waals surface area contributed by atoms with Crippen molar-refractivity contribution in [1.29, 1.82) is 0 Å². The van der Waals surface area contributed by atoms with Crippen LogP contribution in [-0.4, -0.2) is 13.4 Å². The van der Waals surface area contributed by atoms with Gasteiger partial charge >= 0.3 is 0 Å². The molecule has 32 heavy (non-hydrogen) atoms. The van der Waals surface area contributed by atoms with Gasteiger partial charge in [0.25, 0.3) is 0 Å². The molecule has 0 N–H and O–H groups in total. The molecule has 0 aliphatic carbocycles. The second-order valence-corrected chi connectivity index (χ2v) is 7.91. The molecule has 5 heteroatoms. The molecule has 162 valence electrons. The Morgan fingerprint density at radius 2 is 1.66 bits per heavy atom. The summed E-state index contributed by atoms with van der Waals surface area (Å²) >= 11 is 0.